The van der Waals surface area contributed by atoms with Crippen LogP contribution in [0.15, 0.2) is 78.9 Å². The molecule has 3 aliphatic rings. The number of piperidine rings is 3. The second-order valence-electron chi connectivity index (χ2n) is 9.30. The summed E-state index contributed by atoms with van der Waals surface area (Å²) >= 11 is 0. The van der Waals surface area contributed by atoms with Crippen LogP contribution in [0.25, 0.3) is 0 Å². The van der Waals surface area contributed by atoms with Gasteiger partial charge in [0.2, 0.25) is 0 Å². The van der Waals surface area contributed by atoms with E-state index in [1.165, 1.54) is 42.7 Å². The number of fused-ring (bicyclic) bond motifs is 3. The van der Waals surface area contributed by atoms with Crippen molar-refractivity contribution in [2.75, 3.05) is 39.3 Å². The number of methoxy groups -OCH3 is 2. The second kappa shape index (κ2) is 9.48. The molecule has 3 heterocycles. The average molecular weight is 443 g/mol. The number of hydrogen-bond donors (Lipinski definition) is 0. The van der Waals surface area contributed by atoms with Gasteiger partial charge in [-0.1, -0.05) is 60.7 Å². The highest BCUT2D eigenvalue weighted by Gasteiger charge is 2.48. The first-order valence-electron chi connectivity index (χ1n) is 12.0. The van der Waals surface area contributed by atoms with Crippen LogP contribution < -0.4 is 14.4 Å². The zero-order chi connectivity index (χ0) is 22.8. The third-order valence-electron chi connectivity index (χ3n) is 7.71. The van der Waals surface area contributed by atoms with Crippen molar-refractivity contribution in [3.63, 3.8) is 0 Å². The van der Waals surface area contributed by atoms with Gasteiger partial charge in [-0.3, -0.25) is 4.90 Å². The molecule has 6 rings (SSSR count). The van der Waals surface area contributed by atoms with E-state index in [4.69, 9.17) is 9.47 Å². The third kappa shape index (κ3) is 4.08. The SMILES string of the molecule is COc1ccc(N(C)[C@@H]2C3CCN(CC3)[C@@H]2C(c2ccccc2)c2ccccc2)cc1OC. The van der Waals surface area contributed by atoms with E-state index >= 15 is 0 Å². The zero-order valence-electron chi connectivity index (χ0n) is 19.9. The van der Waals surface area contributed by atoms with Crippen LogP contribution >= 0.6 is 0 Å². The van der Waals surface area contributed by atoms with Gasteiger partial charge in [0.1, 0.15) is 0 Å². The number of anilines is 1. The zero-order valence-corrected chi connectivity index (χ0v) is 19.9. The maximum absolute atomic E-state index is 5.63. The monoisotopic (exact) mass is 442 g/mol. The van der Waals surface area contributed by atoms with E-state index in [-0.39, 0.29) is 0 Å². The quantitative estimate of drug-likeness (QED) is 0.487. The van der Waals surface area contributed by atoms with Crippen LogP contribution in [0.5, 0.6) is 11.5 Å². The summed E-state index contributed by atoms with van der Waals surface area (Å²) < 4.78 is 11.1. The summed E-state index contributed by atoms with van der Waals surface area (Å²) in [6.45, 7) is 2.36. The minimum absolute atomic E-state index is 0.322. The van der Waals surface area contributed by atoms with Crippen LogP contribution in [0.3, 0.4) is 0 Å². The van der Waals surface area contributed by atoms with Crippen molar-refractivity contribution in [3.05, 3.63) is 90.0 Å². The minimum Gasteiger partial charge on any atom is -0.493 e. The van der Waals surface area contributed by atoms with Crippen LogP contribution in [0.2, 0.25) is 0 Å². The van der Waals surface area contributed by atoms with Crippen molar-refractivity contribution in [3.8, 4) is 11.5 Å². The Labute approximate surface area is 197 Å². The molecule has 3 saturated heterocycles. The Morgan fingerprint density at radius 1 is 0.788 bits per heavy atom. The van der Waals surface area contributed by atoms with E-state index in [0.717, 1.165) is 11.5 Å². The number of nitrogens with zero attached hydrogens (tertiary/aromatic N) is 2. The van der Waals surface area contributed by atoms with E-state index in [1.807, 2.05) is 6.07 Å². The minimum atomic E-state index is 0.322. The van der Waals surface area contributed by atoms with Gasteiger partial charge in [0, 0.05) is 36.8 Å². The molecular formula is C29H34N2O2. The fraction of sp³-hybridized carbons (Fsp3) is 0.379. The highest BCUT2D eigenvalue weighted by Crippen LogP contribution is 2.45. The molecule has 2 bridgehead atoms. The standard InChI is InChI=1S/C29H34N2O2/c1-30(24-14-15-25(32-2)26(20-24)33-3)28-23-16-18-31(19-17-23)29(28)27(21-10-6-4-7-11-21)22-12-8-5-9-13-22/h4-15,20,23,27-29H,16-19H2,1-3H3/t28-,29-/m1/s1. The first kappa shape index (κ1) is 21.8. The molecular weight excluding hydrogens is 408 g/mol. The summed E-state index contributed by atoms with van der Waals surface area (Å²) in [5.41, 5.74) is 3.97. The summed E-state index contributed by atoms with van der Waals surface area (Å²) in [7, 11) is 5.66. The topological polar surface area (TPSA) is 24.9 Å². The molecule has 4 nitrogen and oxygen atoms in total. The van der Waals surface area contributed by atoms with Crippen molar-refractivity contribution in [2.45, 2.75) is 30.8 Å². The highest BCUT2D eigenvalue weighted by atomic mass is 16.5. The number of hydrogen-bond acceptors (Lipinski definition) is 4. The molecule has 3 aromatic carbocycles. The van der Waals surface area contributed by atoms with Gasteiger partial charge in [-0.05, 0) is 55.1 Å². The summed E-state index contributed by atoms with van der Waals surface area (Å²) in [5.74, 6) is 2.55. The summed E-state index contributed by atoms with van der Waals surface area (Å²) in [6.07, 6.45) is 2.52. The summed E-state index contributed by atoms with van der Waals surface area (Å²) in [5, 5.41) is 0. The maximum atomic E-state index is 5.63. The molecule has 3 fully saturated rings. The molecule has 0 amide bonds. The van der Waals surface area contributed by atoms with Gasteiger partial charge >= 0.3 is 0 Å². The molecule has 33 heavy (non-hydrogen) atoms. The number of ether oxygens (including phenoxy) is 2. The van der Waals surface area contributed by atoms with Gasteiger partial charge in [-0.25, -0.2) is 0 Å². The molecule has 0 aliphatic carbocycles. The lowest BCUT2D eigenvalue weighted by molar-refractivity contribution is 0.0186. The average Bonchev–Trinajstić information content (AvgIpc) is 2.90. The maximum Gasteiger partial charge on any atom is 0.162 e. The number of likely N-dealkylation sites (N-methyl/N-ethyl adjacent to an activating group) is 1. The Morgan fingerprint density at radius 3 is 1.91 bits per heavy atom. The van der Waals surface area contributed by atoms with Crippen LogP contribution in [0.4, 0.5) is 5.69 Å². The Hall–Kier alpha value is -2.98. The predicted molar refractivity (Wildman–Crippen MR) is 135 cm³/mol. The van der Waals surface area contributed by atoms with E-state index in [0.29, 0.717) is 23.9 Å². The molecule has 0 unspecified atom stereocenters. The largest absolute Gasteiger partial charge is 0.493 e. The second-order valence-corrected chi connectivity index (χ2v) is 9.30. The highest BCUT2D eigenvalue weighted by molar-refractivity contribution is 5.57. The molecule has 0 spiro atoms. The molecule has 3 aromatic rings. The first-order valence-corrected chi connectivity index (χ1v) is 12.0. The smallest absolute Gasteiger partial charge is 0.162 e. The lowest BCUT2D eigenvalue weighted by Crippen LogP contribution is -2.65. The first-order chi connectivity index (χ1) is 16.2. The van der Waals surface area contributed by atoms with Crippen LogP contribution in [-0.2, 0) is 0 Å². The molecule has 0 N–H and O–H groups in total. The summed E-state index contributed by atoms with van der Waals surface area (Å²) in [4.78, 5) is 5.24. The van der Waals surface area contributed by atoms with Crippen LogP contribution in [0, 0.1) is 5.92 Å². The van der Waals surface area contributed by atoms with Gasteiger partial charge in [-0.2, -0.15) is 0 Å². The Kier molecular flexibility index (Phi) is 6.28. The molecule has 3 aliphatic heterocycles. The van der Waals surface area contributed by atoms with Crippen molar-refractivity contribution in [2.24, 2.45) is 5.92 Å². The Balaban J connectivity index is 1.58. The fourth-order valence-electron chi connectivity index (χ4n) is 6.13. The van der Waals surface area contributed by atoms with Gasteiger partial charge < -0.3 is 14.4 Å². The van der Waals surface area contributed by atoms with Gasteiger partial charge in [-0.15, -0.1) is 0 Å². The third-order valence-corrected chi connectivity index (χ3v) is 7.71. The number of benzene rings is 3. The molecule has 172 valence electrons. The normalized spacial score (nSPS) is 24.0. The predicted octanol–water partition coefficient (Wildman–Crippen LogP) is 5.43. The lowest BCUT2D eigenvalue weighted by atomic mass is 9.70. The number of rotatable bonds is 7. The molecule has 2 atom stereocenters. The van der Waals surface area contributed by atoms with E-state index in [9.17, 15) is 0 Å². The molecule has 4 heteroatoms. The molecule has 0 radical (unpaired) electrons. The van der Waals surface area contributed by atoms with Crippen molar-refractivity contribution >= 4 is 5.69 Å². The van der Waals surface area contributed by atoms with Crippen molar-refractivity contribution in [1.29, 1.82) is 0 Å². The molecule has 0 aromatic heterocycles. The Morgan fingerprint density at radius 2 is 1.36 bits per heavy atom. The fourth-order valence-corrected chi connectivity index (χ4v) is 6.13. The van der Waals surface area contributed by atoms with Crippen LogP contribution in [0.1, 0.15) is 29.9 Å². The van der Waals surface area contributed by atoms with Crippen LogP contribution in [-0.4, -0.2) is 51.3 Å². The van der Waals surface area contributed by atoms with E-state index in [1.54, 1.807) is 14.2 Å². The summed E-state index contributed by atoms with van der Waals surface area (Å²) in [6, 6.07) is 29.3. The van der Waals surface area contributed by atoms with Gasteiger partial charge in [0.15, 0.2) is 11.5 Å². The van der Waals surface area contributed by atoms with Crippen molar-refractivity contribution < 1.29 is 9.47 Å². The molecule has 0 saturated carbocycles. The van der Waals surface area contributed by atoms with Gasteiger partial charge in [0.25, 0.3) is 0 Å². The Bertz CT molecular complexity index is 1010. The van der Waals surface area contributed by atoms with Gasteiger partial charge in [0.05, 0.1) is 14.2 Å². The van der Waals surface area contributed by atoms with E-state index < -0.39 is 0 Å². The van der Waals surface area contributed by atoms with Crippen molar-refractivity contribution in [1.82, 2.24) is 4.90 Å². The lowest BCUT2D eigenvalue weighted by Gasteiger charge is -2.56. The van der Waals surface area contributed by atoms with E-state index in [2.05, 4.69) is 89.6 Å².